The summed E-state index contributed by atoms with van der Waals surface area (Å²) in [4.78, 5) is 16.7. The summed E-state index contributed by atoms with van der Waals surface area (Å²) >= 11 is 7.30. The fraction of sp³-hybridized carbons (Fsp3) is 0.0667. The average molecular weight is 318 g/mol. The Morgan fingerprint density at radius 1 is 1.33 bits per heavy atom. The second kappa shape index (κ2) is 6.11. The van der Waals surface area contributed by atoms with E-state index in [2.05, 4.69) is 10.3 Å². The Morgan fingerprint density at radius 3 is 2.90 bits per heavy atom. The molecule has 0 atom stereocenters. The molecule has 0 saturated carbocycles. The first kappa shape index (κ1) is 13.9. The maximum absolute atomic E-state index is 12.1. The summed E-state index contributed by atoms with van der Waals surface area (Å²) < 4.78 is 1.92. The van der Waals surface area contributed by atoms with E-state index in [1.807, 2.05) is 35.0 Å². The minimum Gasteiger partial charge on any atom is -0.347 e. The molecule has 6 heteroatoms. The lowest BCUT2D eigenvalue weighted by atomic mass is 10.1. The van der Waals surface area contributed by atoms with Crippen molar-refractivity contribution in [1.29, 1.82) is 0 Å². The lowest BCUT2D eigenvalue weighted by molar-refractivity contribution is 0.0955. The highest BCUT2D eigenvalue weighted by molar-refractivity contribution is 7.12. The highest BCUT2D eigenvalue weighted by atomic mass is 35.5. The van der Waals surface area contributed by atoms with E-state index in [9.17, 15) is 4.79 Å². The summed E-state index contributed by atoms with van der Waals surface area (Å²) in [6, 6.07) is 9.59. The van der Waals surface area contributed by atoms with Gasteiger partial charge in [-0.3, -0.25) is 4.79 Å². The van der Waals surface area contributed by atoms with Gasteiger partial charge in [-0.2, -0.15) is 0 Å². The first-order chi connectivity index (χ1) is 10.3. The lowest BCUT2D eigenvalue weighted by Gasteiger charge is -2.11. The van der Waals surface area contributed by atoms with Crippen LogP contribution in [0.15, 0.2) is 54.4 Å². The number of nitrogens with zero attached hydrogens (tertiary/aromatic N) is 2. The highest BCUT2D eigenvalue weighted by Crippen LogP contribution is 2.22. The summed E-state index contributed by atoms with van der Waals surface area (Å²) in [5.74, 6) is -0.157. The van der Waals surface area contributed by atoms with Gasteiger partial charge in [0, 0.05) is 18.9 Å². The predicted octanol–water partition coefficient (Wildman–Crippen LogP) is 3.52. The van der Waals surface area contributed by atoms with E-state index >= 15 is 0 Å². The normalized spacial score (nSPS) is 10.5. The maximum Gasteiger partial charge on any atom is 0.263 e. The van der Waals surface area contributed by atoms with Gasteiger partial charge in [-0.1, -0.05) is 29.8 Å². The molecule has 0 radical (unpaired) electrons. The van der Waals surface area contributed by atoms with Gasteiger partial charge in [0.25, 0.3) is 5.91 Å². The number of hydrogen-bond donors (Lipinski definition) is 1. The zero-order chi connectivity index (χ0) is 14.7. The van der Waals surface area contributed by atoms with Crippen molar-refractivity contribution in [1.82, 2.24) is 14.9 Å². The molecule has 4 nitrogen and oxygen atoms in total. The Hall–Kier alpha value is -2.11. The van der Waals surface area contributed by atoms with Gasteiger partial charge in [0.05, 0.1) is 17.0 Å². The van der Waals surface area contributed by atoms with Gasteiger partial charge in [0.2, 0.25) is 0 Å². The van der Waals surface area contributed by atoms with Crippen LogP contribution in [0.4, 0.5) is 0 Å². The first-order valence-electron chi connectivity index (χ1n) is 6.33. The Kier molecular flexibility index (Phi) is 4.03. The summed E-state index contributed by atoms with van der Waals surface area (Å²) in [5, 5.41) is 5.19. The molecule has 1 aromatic carbocycles. The molecule has 106 valence electrons. The topological polar surface area (TPSA) is 46.9 Å². The SMILES string of the molecule is O=C(NCc1ccccc1-n1ccnc1)c1sccc1Cl. The van der Waals surface area contributed by atoms with Crippen molar-refractivity contribution >= 4 is 28.8 Å². The maximum atomic E-state index is 12.1. The van der Waals surface area contributed by atoms with Crippen LogP contribution in [0.2, 0.25) is 5.02 Å². The number of benzene rings is 1. The number of rotatable bonds is 4. The molecule has 0 spiro atoms. The fourth-order valence-corrected chi connectivity index (χ4v) is 3.08. The standard InChI is InChI=1S/C15H12ClN3OS/c16-12-5-8-21-14(12)15(20)18-9-11-3-1-2-4-13(11)19-7-6-17-10-19/h1-8,10H,9H2,(H,18,20). The van der Waals surface area contributed by atoms with Crippen molar-refractivity contribution in [2.45, 2.75) is 6.54 Å². The Bertz CT molecular complexity index is 752. The summed E-state index contributed by atoms with van der Waals surface area (Å²) in [6.45, 7) is 0.432. The van der Waals surface area contributed by atoms with Crippen LogP contribution in [0.1, 0.15) is 15.2 Å². The quantitative estimate of drug-likeness (QED) is 0.800. The first-order valence-corrected chi connectivity index (χ1v) is 7.59. The minimum absolute atomic E-state index is 0.157. The molecule has 0 fully saturated rings. The summed E-state index contributed by atoms with van der Waals surface area (Å²) in [6.07, 6.45) is 5.33. The zero-order valence-corrected chi connectivity index (χ0v) is 12.6. The van der Waals surface area contributed by atoms with Crippen LogP contribution in [0.5, 0.6) is 0 Å². The van der Waals surface area contributed by atoms with Gasteiger partial charge in [0.1, 0.15) is 4.88 Å². The molecule has 0 aliphatic heterocycles. The largest absolute Gasteiger partial charge is 0.347 e. The fourth-order valence-electron chi connectivity index (χ4n) is 2.03. The molecular formula is C15H12ClN3OS. The second-order valence-corrected chi connectivity index (χ2v) is 5.70. The molecule has 0 aliphatic carbocycles. The van der Waals surface area contributed by atoms with Crippen molar-refractivity contribution in [2.75, 3.05) is 0 Å². The molecule has 1 N–H and O–H groups in total. The Balaban J connectivity index is 1.77. The third-order valence-electron chi connectivity index (χ3n) is 3.04. The molecule has 2 aromatic heterocycles. The van der Waals surface area contributed by atoms with Crippen molar-refractivity contribution in [3.8, 4) is 5.69 Å². The minimum atomic E-state index is -0.157. The van der Waals surface area contributed by atoms with Crippen LogP contribution in [0, 0.1) is 0 Å². The number of para-hydroxylation sites is 1. The van der Waals surface area contributed by atoms with E-state index in [1.54, 1.807) is 24.0 Å². The predicted molar refractivity (Wildman–Crippen MR) is 84.1 cm³/mol. The summed E-state index contributed by atoms with van der Waals surface area (Å²) in [5.41, 5.74) is 2.00. The number of carbonyl (C=O) groups is 1. The third kappa shape index (κ3) is 2.99. The molecule has 2 heterocycles. The van der Waals surface area contributed by atoms with Crippen molar-refractivity contribution in [2.24, 2.45) is 0 Å². The number of imidazole rings is 1. The van der Waals surface area contributed by atoms with Crippen LogP contribution in [-0.4, -0.2) is 15.5 Å². The van der Waals surface area contributed by atoms with Gasteiger partial charge in [-0.25, -0.2) is 4.98 Å². The smallest absolute Gasteiger partial charge is 0.263 e. The number of carbonyl (C=O) groups excluding carboxylic acids is 1. The van der Waals surface area contributed by atoms with Crippen LogP contribution in [-0.2, 0) is 6.54 Å². The average Bonchev–Trinajstić information content (AvgIpc) is 3.16. The van der Waals surface area contributed by atoms with E-state index < -0.39 is 0 Å². The van der Waals surface area contributed by atoms with E-state index in [1.165, 1.54) is 11.3 Å². The van der Waals surface area contributed by atoms with E-state index in [0.29, 0.717) is 16.4 Å². The molecule has 3 rings (SSSR count). The van der Waals surface area contributed by atoms with E-state index in [4.69, 9.17) is 11.6 Å². The molecule has 0 unspecified atom stereocenters. The monoisotopic (exact) mass is 317 g/mol. The molecule has 3 aromatic rings. The van der Waals surface area contributed by atoms with Crippen LogP contribution >= 0.6 is 22.9 Å². The van der Waals surface area contributed by atoms with Gasteiger partial charge in [0.15, 0.2) is 0 Å². The number of halogens is 1. The van der Waals surface area contributed by atoms with Gasteiger partial charge in [-0.05, 0) is 23.1 Å². The Morgan fingerprint density at radius 2 is 2.19 bits per heavy atom. The van der Waals surface area contributed by atoms with Crippen molar-refractivity contribution < 1.29 is 4.79 Å². The summed E-state index contributed by atoms with van der Waals surface area (Å²) in [7, 11) is 0. The molecule has 0 aliphatic rings. The zero-order valence-electron chi connectivity index (χ0n) is 11.0. The number of nitrogens with one attached hydrogen (secondary N) is 1. The van der Waals surface area contributed by atoms with Crippen molar-refractivity contribution in [3.63, 3.8) is 0 Å². The van der Waals surface area contributed by atoms with E-state index in [0.717, 1.165) is 11.3 Å². The number of amides is 1. The Labute approximate surface area is 131 Å². The van der Waals surface area contributed by atoms with Gasteiger partial charge < -0.3 is 9.88 Å². The molecular weight excluding hydrogens is 306 g/mol. The number of thiophene rings is 1. The van der Waals surface area contributed by atoms with Crippen LogP contribution in [0.25, 0.3) is 5.69 Å². The second-order valence-electron chi connectivity index (χ2n) is 4.38. The third-order valence-corrected chi connectivity index (χ3v) is 4.38. The number of hydrogen-bond acceptors (Lipinski definition) is 3. The van der Waals surface area contributed by atoms with Crippen LogP contribution in [0.3, 0.4) is 0 Å². The van der Waals surface area contributed by atoms with Crippen LogP contribution < -0.4 is 5.32 Å². The molecule has 0 saturated heterocycles. The molecule has 0 bridgehead atoms. The van der Waals surface area contributed by atoms with Crippen molar-refractivity contribution in [3.05, 3.63) is 69.9 Å². The van der Waals surface area contributed by atoms with E-state index in [-0.39, 0.29) is 5.91 Å². The number of aromatic nitrogens is 2. The highest BCUT2D eigenvalue weighted by Gasteiger charge is 2.12. The van der Waals surface area contributed by atoms with Gasteiger partial charge >= 0.3 is 0 Å². The lowest BCUT2D eigenvalue weighted by Crippen LogP contribution is -2.22. The molecule has 1 amide bonds. The molecule has 21 heavy (non-hydrogen) atoms. The van der Waals surface area contributed by atoms with Gasteiger partial charge in [-0.15, -0.1) is 11.3 Å².